The summed E-state index contributed by atoms with van der Waals surface area (Å²) in [7, 11) is 1.21. The molecule has 152 valence electrons. The Labute approximate surface area is 185 Å². The van der Waals surface area contributed by atoms with Crippen LogP contribution < -0.4 is 5.32 Å². The number of ketones is 1. The molecular formula is C19H12Cl3N5O3. The van der Waals surface area contributed by atoms with Crippen molar-refractivity contribution in [2.24, 2.45) is 0 Å². The highest BCUT2D eigenvalue weighted by atomic mass is 35.5. The highest BCUT2D eigenvalue weighted by Crippen LogP contribution is 2.40. The summed E-state index contributed by atoms with van der Waals surface area (Å²) in [5, 5.41) is 15.5. The predicted molar refractivity (Wildman–Crippen MR) is 111 cm³/mol. The minimum atomic E-state index is -0.904. The monoisotopic (exact) mass is 463 g/mol. The lowest BCUT2D eigenvalue weighted by Crippen LogP contribution is -2.33. The van der Waals surface area contributed by atoms with Crippen molar-refractivity contribution >= 4 is 52.5 Å². The molecule has 0 amide bonds. The maximum absolute atomic E-state index is 13.5. The van der Waals surface area contributed by atoms with Crippen molar-refractivity contribution in [3.05, 3.63) is 79.9 Å². The smallest absolute Gasteiger partial charge is 0.355 e. The Morgan fingerprint density at radius 1 is 1.07 bits per heavy atom. The van der Waals surface area contributed by atoms with E-state index in [1.165, 1.54) is 17.9 Å². The Bertz CT molecular complexity index is 1190. The molecule has 0 spiro atoms. The fourth-order valence-electron chi connectivity index (χ4n) is 3.16. The Hall–Kier alpha value is -2.94. The maximum atomic E-state index is 13.5. The van der Waals surface area contributed by atoms with Crippen LogP contribution in [0.3, 0.4) is 0 Å². The third-order valence-electron chi connectivity index (χ3n) is 4.51. The molecule has 0 bridgehead atoms. The summed E-state index contributed by atoms with van der Waals surface area (Å²) in [5.41, 5.74) is 0.767. The first-order chi connectivity index (χ1) is 14.4. The van der Waals surface area contributed by atoms with Gasteiger partial charge in [0.1, 0.15) is 11.7 Å². The Balaban J connectivity index is 1.97. The van der Waals surface area contributed by atoms with Crippen LogP contribution in [0.25, 0.3) is 0 Å². The highest BCUT2D eigenvalue weighted by molar-refractivity contribution is 6.35. The molecule has 0 radical (unpaired) electrons. The number of tetrazole rings is 1. The second-order valence-corrected chi connectivity index (χ2v) is 7.54. The second kappa shape index (κ2) is 8.06. The summed E-state index contributed by atoms with van der Waals surface area (Å²) >= 11 is 18.4. The van der Waals surface area contributed by atoms with Crippen LogP contribution >= 0.6 is 34.8 Å². The molecule has 1 aromatic heterocycles. The third kappa shape index (κ3) is 3.54. The number of nitrogens with one attached hydrogen (secondary N) is 1. The number of carbonyl (C=O) groups excluding carboxylic acids is 2. The number of halogens is 3. The van der Waals surface area contributed by atoms with E-state index in [1.54, 1.807) is 36.4 Å². The van der Waals surface area contributed by atoms with E-state index in [4.69, 9.17) is 39.5 Å². The van der Waals surface area contributed by atoms with Crippen LogP contribution in [0.5, 0.6) is 0 Å². The summed E-state index contributed by atoms with van der Waals surface area (Å²) < 4.78 is 6.25. The van der Waals surface area contributed by atoms with Crippen LogP contribution in [0, 0.1) is 0 Å². The Morgan fingerprint density at radius 3 is 2.43 bits per heavy atom. The van der Waals surface area contributed by atoms with Gasteiger partial charge in [-0.15, -0.1) is 0 Å². The SMILES string of the molecule is COC(=O)C1=C(C(=O)c2ccc(Cl)cc2)[C@@H](c2ccc(Cl)cc2Cl)n2nnnc2N1. The molecule has 30 heavy (non-hydrogen) atoms. The molecule has 1 aliphatic rings. The number of nitrogens with zero attached hydrogens (tertiary/aromatic N) is 4. The van der Waals surface area contributed by atoms with E-state index < -0.39 is 17.8 Å². The molecule has 1 N–H and O–H groups in total. The lowest BCUT2D eigenvalue weighted by molar-refractivity contribution is -0.136. The van der Waals surface area contributed by atoms with Crippen molar-refractivity contribution in [3.63, 3.8) is 0 Å². The number of carbonyl (C=O) groups is 2. The first-order valence-electron chi connectivity index (χ1n) is 8.53. The van der Waals surface area contributed by atoms with Gasteiger partial charge in [-0.25, -0.2) is 4.79 Å². The fourth-order valence-corrected chi connectivity index (χ4v) is 3.79. The lowest BCUT2D eigenvalue weighted by Gasteiger charge is -2.28. The fraction of sp³-hybridized carbons (Fsp3) is 0.105. The van der Waals surface area contributed by atoms with E-state index in [2.05, 4.69) is 20.8 Å². The normalized spacial score (nSPS) is 15.4. The van der Waals surface area contributed by atoms with E-state index in [0.717, 1.165) is 0 Å². The number of hydrogen-bond acceptors (Lipinski definition) is 7. The first kappa shape index (κ1) is 20.3. The summed E-state index contributed by atoms with van der Waals surface area (Å²) in [6, 6.07) is 10.2. The molecule has 8 nitrogen and oxygen atoms in total. The Kier molecular flexibility index (Phi) is 5.46. The summed E-state index contributed by atoms with van der Waals surface area (Å²) in [6.07, 6.45) is 0. The van der Waals surface area contributed by atoms with Gasteiger partial charge in [-0.2, -0.15) is 4.68 Å². The first-order valence-corrected chi connectivity index (χ1v) is 9.66. The molecule has 0 fully saturated rings. The number of Topliss-reactive ketones (excluding diaryl/α,β-unsaturated/α-hetero) is 1. The molecule has 2 aromatic carbocycles. The zero-order chi connectivity index (χ0) is 21.4. The predicted octanol–water partition coefficient (Wildman–Crippen LogP) is 3.96. The van der Waals surface area contributed by atoms with Crippen molar-refractivity contribution < 1.29 is 14.3 Å². The van der Waals surface area contributed by atoms with Crippen LogP contribution in [-0.2, 0) is 9.53 Å². The number of allylic oxidation sites excluding steroid dienone is 1. The number of methoxy groups -OCH3 is 1. The van der Waals surface area contributed by atoms with Crippen LogP contribution in [0.4, 0.5) is 5.95 Å². The van der Waals surface area contributed by atoms with Gasteiger partial charge in [-0.3, -0.25) is 4.79 Å². The minimum Gasteiger partial charge on any atom is -0.464 e. The topological polar surface area (TPSA) is 99.0 Å². The largest absolute Gasteiger partial charge is 0.464 e. The molecule has 0 unspecified atom stereocenters. The molecule has 0 saturated heterocycles. The van der Waals surface area contributed by atoms with Gasteiger partial charge >= 0.3 is 5.97 Å². The van der Waals surface area contributed by atoms with Crippen molar-refractivity contribution in [3.8, 4) is 0 Å². The standard InChI is InChI=1S/C19H12Cl3N5O3/c1-30-18(29)15-14(17(28)9-2-4-10(20)5-3-9)16(27-19(23-15)24-25-26-27)12-7-6-11(21)8-13(12)22/h2-8,16H,1H3,(H,23,24,26)/t16-/m1/s1. The van der Waals surface area contributed by atoms with Crippen molar-refractivity contribution in [1.82, 2.24) is 20.2 Å². The van der Waals surface area contributed by atoms with Crippen molar-refractivity contribution in [2.75, 3.05) is 12.4 Å². The van der Waals surface area contributed by atoms with E-state index in [-0.39, 0.29) is 22.2 Å². The molecule has 2 heterocycles. The zero-order valence-corrected chi connectivity index (χ0v) is 17.5. The van der Waals surface area contributed by atoms with E-state index in [0.29, 0.717) is 21.2 Å². The molecule has 0 aliphatic carbocycles. The van der Waals surface area contributed by atoms with Gasteiger partial charge in [0.05, 0.1) is 12.7 Å². The Morgan fingerprint density at radius 2 is 1.77 bits per heavy atom. The number of rotatable bonds is 4. The number of ether oxygens (including phenoxy) is 1. The van der Waals surface area contributed by atoms with Crippen molar-refractivity contribution in [1.29, 1.82) is 0 Å². The number of aromatic nitrogens is 4. The number of benzene rings is 2. The third-order valence-corrected chi connectivity index (χ3v) is 5.33. The van der Waals surface area contributed by atoms with E-state index in [1.807, 2.05) is 0 Å². The molecule has 3 aromatic rings. The summed E-state index contributed by atoms with van der Waals surface area (Å²) in [6.45, 7) is 0. The number of fused-ring (bicyclic) bond motifs is 1. The maximum Gasteiger partial charge on any atom is 0.355 e. The summed E-state index contributed by atoms with van der Waals surface area (Å²) in [4.78, 5) is 26.1. The van der Waals surface area contributed by atoms with E-state index >= 15 is 0 Å². The van der Waals surface area contributed by atoms with Gasteiger partial charge in [0, 0.05) is 26.2 Å². The van der Waals surface area contributed by atoms with Gasteiger partial charge in [-0.1, -0.05) is 46.0 Å². The average Bonchev–Trinajstić information content (AvgIpc) is 3.21. The number of anilines is 1. The van der Waals surface area contributed by atoms with Crippen molar-refractivity contribution in [2.45, 2.75) is 6.04 Å². The minimum absolute atomic E-state index is 0.0631. The van der Waals surface area contributed by atoms with Gasteiger partial charge in [0.25, 0.3) is 0 Å². The zero-order valence-electron chi connectivity index (χ0n) is 15.3. The molecular weight excluding hydrogens is 453 g/mol. The van der Waals surface area contributed by atoms with Crippen LogP contribution in [-0.4, -0.2) is 39.1 Å². The quantitative estimate of drug-likeness (QED) is 0.461. The lowest BCUT2D eigenvalue weighted by atomic mass is 9.89. The van der Waals surface area contributed by atoms with Crippen LogP contribution in [0.2, 0.25) is 15.1 Å². The van der Waals surface area contributed by atoms with Crippen LogP contribution in [0.1, 0.15) is 22.0 Å². The van der Waals surface area contributed by atoms with Gasteiger partial charge < -0.3 is 10.1 Å². The molecule has 4 rings (SSSR count). The van der Waals surface area contributed by atoms with E-state index in [9.17, 15) is 9.59 Å². The molecule has 11 heteroatoms. The highest BCUT2D eigenvalue weighted by Gasteiger charge is 2.39. The average molecular weight is 465 g/mol. The van der Waals surface area contributed by atoms with Gasteiger partial charge in [-0.05, 0) is 46.8 Å². The van der Waals surface area contributed by atoms with Gasteiger partial charge in [0.15, 0.2) is 5.78 Å². The number of hydrogen-bond donors (Lipinski definition) is 1. The van der Waals surface area contributed by atoms with Gasteiger partial charge in [0.2, 0.25) is 5.95 Å². The molecule has 0 saturated carbocycles. The molecule has 1 atom stereocenters. The molecule has 1 aliphatic heterocycles. The van der Waals surface area contributed by atoms with Crippen LogP contribution in [0.15, 0.2) is 53.7 Å². The summed E-state index contributed by atoms with van der Waals surface area (Å²) in [5.74, 6) is -1.05. The second-order valence-electron chi connectivity index (χ2n) is 6.26. The number of esters is 1.